The Kier molecular flexibility index (Phi) is 5.55. The first-order valence-corrected chi connectivity index (χ1v) is 9.08. The van der Waals surface area contributed by atoms with Gasteiger partial charge in [0.15, 0.2) is 0 Å². The second-order valence-electron chi connectivity index (χ2n) is 7.01. The zero-order valence-corrected chi connectivity index (χ0v) is 14.0. The number of amides is 2. The summed E-state index contributed by atoms with van der Waals surface area (Å²) in [4.78, 5) is 14.5. The van der Waals surface area contributed by atoms with Crippen molar-refractivity contribution in [1.82, 2.24) is 15.5 Å². The van der Waals surface area contributed by atoms with E-state index in [1.807, 2.05) is 0 Å². The van der Waals surface area contributed by atoms with Gasteiger partial charge in [-0.05, 0) is 44.3 Å². The van der Waals surface area contributed by atoms with E-state index in [9.17, 15) is 4.79 Å². The van der Waals surface area contributed by atoms with E-state index in [1.54, 1.807) is 0 Å². The third-order valence-corrected chi connectivity index (χ3v) is 5.45. The van der Waals surface area contributed by atoms with Crippen molar-refractivity contribution in [3.8, 4) is 0 Å². The van der Waals surface area contributed by atoms with Crippen molar-refractivity contribution in [2.75, 3.05) is 32.7 Å². The molecular weight excluding hydrogens is 286 g/mol. The van der Waals surface area contributed by atoms with Crippen LogP contribution in [0.5, 0.6) is 0 Å². The Labute approximate surface area is 139 Å². The van der Waals surface area contributed by atoms with E-state index in [0.29, 0.717) is 0 Å². The van der Waals surface area contributed by atoms with Gasteiger partial charge in [-0.2, -0.15) is 0 Å². The van der Waals surface area contributed by atoms with Gasteiger partial charge >= 0.3 is 6.03 Å². The van der Waals surface area contributed by atoms with Crippen LogP contribution in [0.4, 0.5) is 4.79 Å². The Hall–Kier alpha value is -1.55. The van der Waals surface area contributed by atoms with Crippen molar-refractivity contribution in [1.29, 1.82) is 0 Å². The predicted octanol–water partition coefficient (Wildman–Crippen LogP) is 2.89. The lowest BCUT2D eigenvalue weighted by molar-refractivity contribution is 0.208. The van der Waals surface area contributed by atoms with Crippen LogP contribution in [0.25, 0.3) is 0 Å². The zero-order valence-electron chi connectivity index (χ0n) is 14.0. The molecule has 1 aliphatic heterocycles. The van der Waals surface area contributed by atoms with Crippen molar-refractivity contribution < 1.29 is 4.79 Å². The lowest BCUT2D eigenvalue weighted by Gasteiger charge is -2.42. The van der Waals surface area contributed by atoms with E-state index in [2.05, 4.69) is 45.9 Å². The molecule has 1 heterocycles. The van der Waals surface area contributed by atoms with Gasteiger partial charge in [-0.1, -0.05) is 43.2 Å². The lowest BCUT2D eigenvalue weighted by atomic mass is 9.64. The predicted molar refractivity (Wildman–Crippen MR) is 93.7 cm³/mol. The molecule has 0 atom stereocenters. The van der Waals surface area contributed by atoms with Gasteiger partial charge in [0.2, 0.25) is 0 Å². The Morgan fingerprint density at radius 1 is 1.00 bits per heavy atom. The summed E-state index contributed by atoms with van der Waals surface area (Å²) >= 11 is 0. The summed E-state index contributed by atoms with van der Waals surface area (Å²) in [5.74, 6) is 0. The SMILES string of the molecule is O=C(NCCN1CCCCC1)NCC1(c2ccccc2)CCC1. The van der Waals surface area contributed by atoms with Gasteiger partial charge in [0, 0.05) is 25.0 Å². The van der Waals surface area contributed by atoms with Crippen LogP contribution in [0.15, 0.2) is 30.3 Å². The number of nitrogens with one attached hydrogen (secondary N) is 2. The number of likely N-dealkylation sites (tertiary alicyclic amines) is 1. The molecule has 2 aliphatic rings. The molecule has 0 unspecified atom stereocenters. The number of carbonyl (C=O) groups excluding carboxylic acids is 1. The van der Waals surface area contributed by atoms with Crippen molar-refractivity contribution in [3.05, 3.63) is 35.9 Å². The largest absolute Gasteiger partial charge is 0.337 e. The molecule has 4 nitrogen and oxygen atoms in total. The Morgan fingerprint density at radius 2 is 1.74 bits per heavy atom. The van der Waals surface area contributed by atoms with E-state index in [0.717, 1.165) is 19.6 Å². The topological polar surface area (TPSA) is 44.4 Å². The molecular formula is C19H29N3O. The number of benzene rings is 1. The van der Waals surface area contributed by atoms with Crippen LogP contribution in [0, 0.1) is 0 Å². The quantitative estimate of drug-likeness (QED) is 0.848. The fourth-order valence-corrected chi connectivity index (χ4v) is 3.79. The van der Waals surface area contributed by atoms with Crippen LogP contribution in [0.3, 0.4) is 0 Å². The Balaban J connectivity index is 1.39. The molecule has 126 valence electrons. The second-order valence-corrected chi connectivity index (χ2v) is 7.01. The molecule has 1 aromatic carbocycles. The molecule has 2 fully saturated rings. The molecule has 0 spiro atoms. The summed E-state index contributed by atoms with van der Waals surface area (Å²) in [6, 6.07) is 10.6. The van der Waals surface area contributed by atoms with E-state index in [4.69, 9.17) is 0 Å². The number of nitrogens with zero attached hydrogens (tertiary/aromatic N) is 1. The van der Waals surface area contributed by atoms with Crippen LogP contribution in [-0.2, 0) is 5.41 Å². The molecule has 0 aromatic heterocycles. The van der Waals surface area contributed by atoms with Gasteiger partial charge in [-0.3, -0.25) is 0 Å². The second kappa shape index (κ2) is 7.82. The highest BCUT2D eigenvalue weighted by Crippen LogP contribution is 2.43. The van der Waals surface area contributed by atoms with E-state index >= 15 is 0 Å². The van der Waals surface area contributed by atoms with Gasteiger partial charge in [0.25, 0.3) is 0 Å². The first kappa shape index (κ1) is 16.3. The molecule has 1 saturated carbocycles. The first-order chi connectivity index (χ1) is 11.3. The van der Waals surface area contributed by atoms with E-state index < -0.39 is 0 Å². The first-order valence-electron chi connectivity index (χ1n) is 9.08. The van der Waals surface area contributed by atoms with Gasteiger partial charge in [-0.25, -0.2) is 4.79 Å². The number of urea groups is 1. The van der Waals surface area contributed by atoms with Gasteiger partial charge in [-0.15, -0.1) is 0 Å². The Morgan fingerprint density at radius 3 is 2.39 bits per heavy atom. The molecule has 1 aromatic rings. The summed E-state index contributed by atoms with van der Waals surface area (Å²) in [6.07, 6.45) is 7.55. The average molecular weight is 315 g/mol. The highest BCUT2D eigenvalue weighted by Gasteiger charge is 2.38. The van der Waals surface area contributed by atoms with Crippen molar-refractivity contribution in [2.45, 2.75) is 43.9 Å². The smallest absolute Gasteiger partial charge is 0.314 e. The van der Waals surface area contributed by atoms with Crippen LogP contribution in [-0.4, -0.2) is 43.7 Å². The summed E-state index contributed by atoms with van der Waals surface area (Å²) in [5.41, 5.74) is 1.52. The highest BCUT2D eigenvalue weighted by atomic mass is 16.2. The average Bonchev–Trinajstić information content (AvgIpc) is 2.56. The molecule has 4 heteroatoms. The standard InChI is InChI=1S/C19H29N3O/c23-18(20-12-15-22-13-5-2-6-14-22)21-16-19(10-7-11-19)17-8-3-1-4-9-17/h1,3-4,8-9H,2,5-7,10-16H2,(H2,20,21,23). The monoisotopic (exact) mass is 315 g/mol. The maximum absolute atomic E-state index is 12.1. The minimum absolute atomic E-state index is 0.0239. The van der Waals surface area contributed by atoms with Crippen molar-refractivity contribution in [2.24, 2.45) is 0 Å². The zero-order chi connectivity index (χ0) is 16.0. The number of hydrogen-bond acceptors (Lipinski definition) is 2. The summed E-state index contributed by atoms with van der Waals surface area (Å²) < 4.78 is 0. The Bertz CT molecular complexity index is 493. The molecule has 1 aliphatic carbocycles. The van der Waals surface area contributed by atoms with E-state index in [1.165, 1.54) is 57.2 Å². The fraction of sp³-hybridized carbons (Fsp3) is 0.632. The fourth-order valence-electron chi connectivity index (χ4n) is 3.79. The van der Waals surface area contributed by atoms with Crippen molar-refractivity contribution in [3.63, 3.8) is 0 Å². The third-order valence-electron chi connectivity index (χ3n) is 5.45. The molecule has 2 N–H and O–H groups in total. The van der Waals surface area contributed by atoms with Crippen LogP contribution >= 0.6 is 0 Å². The lowest BCUT2D eigenvalue weighted by Crippen LogP contribution is -2.49. The highest BCUT2D eigenvalue weighted by molar-refractivity contribution is 5.74. The van der Waals surface area contributed by atoms with Gasteiger partial charge in [0.1, 0.15) is 0 Å². The maximum atomic E-state index is 12.1. The van der Waals surface area contributed by atoms with Gasteiger partial charge in [0.05, 0.1) is 0 Å². The molecule has 3 rings (SSSR count). The summed E-state index contributed by atoms with van der Waals surface area (Å²) in [7, 11) is 0. The number of carbonyl (C=O) groups is 1. The number of rotatable bonds is 6. The minimum Gasteiger partial charge on any atom is -0.337 e. The molecule has 23 heavy (non-hydrogen) atoms. The maximum Gasteiger partial charge on any atom is 0.314 e. The van der Waals surface area contributed by atoms with Gasteiger partial charge < -0.3 is 15.5 Å². The molecule has 1 saturated heterocycles. The third kappa shape index (κ3) is 4.25. The minimum atomic E-state index is -0.0239. The van der Waals surface area contributed by atoms with Crippen LogP contribution in [0.1, 0.15) is 44.1 Å². The van der Waals surface area contributed by atoms with Crippen LogP contribution in [0.2, 0.25) is 0 Å². The molecule has 0 radical (unpaired) electrons. The van der Waals surface area contributed by atoms with Crippen molar-refractivity contribution >= 4 is 6.03 Å². The summed E-state index contributed by atoms with van der Waals surface area (Å²) in [5, 5.41) is 6.10. The van der Waals surface area contributed by atoms with Crippen LogP contribution < -0.4 is 10.6 Å². The molecule has 2 amide bonds. The molecule has 0 bridgehead atoms. The van der Waals surface area contributed by atoms with E-state index in [-0.39, 0.29) is 11.4 Å². The normalized spacial score (nSPS) is 20.5. The summed E-state index contributed by atoms with van der Waals surface area (Å²) in [6.45, 7) is 4.81. The number of piperidine rings is 1. The number of hydrogen-bond donors (Lipinski definition) is 2.